The second kappa shape index (κ2) is 5.87. The topological polar surface area (TPSA) is 41.5 Å². The maximum Gasteiger partial charge on any atom is 0.158 e. The van der Waals surface area contributed by atoms with Crippen LogP contribution in [0.4, 0.5) is 17.2 Å². The van der Waals surface area contributed by atoms with Crippen LogP contribution in [0.15, 0.2) is 30.3 Å². The highest BCUT2D eigenvalue weighted by atomic mass is 35.5. The van der Waals surface area contributed by atoms with Crippen molar-refractivity contribution in [1.82, 2.24) is 9.97 Å². The van der Waals surface area contributed by atoms with Crippen molar-refractivity contribution in [3.05, 3.63) is 41.3 Å². The van der Waals surface area contributed by atoms with Gasteiger partial charge in [-0.15, -0.1) is 0 Å². The van der Waals surface area contributed by atoms with Crippen molar-refractivity contribution in [1.29, 1.82) is 0 Å². The van der Waals surface area contributed by atoms with Crippen LogP contribution < -0.4 is 9.80 Å². The molecule has 0 amide bonds. The van der Waals surface area contributed by atoms with E-state index in [-0.39, 0.29) is 0 Å². The molecule has 0 unspecified atom stereocenters. The van der Waals surface area contributed by atoms with Crippen molar-refractivity contribution >= 4 is 28.8 Å². The van der Waals surface area contributed by atoms with Crippen molar-refractivity contribution < 1.29 is 4.74 Å². The Labute approximate surface area is 129 Å². The molecule has 0 N–H and O–H groups in total. The van der Waals surface area contributed by atoms with E-state index in [1.54, 1.807) is 13.2 Å². The molecule has 1 aliphatic heterocycles. The minimum Gasteiger partial charge on any atom is -0.377 e. The first kappa shape index (κ1) is 14.1. The summed E-state index contributed by atoms with van der Waals surface area (Å²) in [5.74, 6) is 1.40. The fourth-order valence-corrected chi connectivity index (χ4v) is 2.72. The standard InChI is InChI=1S/C15H17ClN4O/c1-19-7-8-20(12-6-4-3-5-11(12)19)15-9-13(16)17-14(18-15)10-21-2/h3-6,9H,7-8,10H2,1-2H3. The number of fused-ring (bicyclic) bond motifs is 1. The Kier molecular flexibility index (Phi) is 3.94. The molecule has 0 fully saturated rings. The number of likely N-dealkylation sites (N-methyl/N-ethyl adjacent to an activating group) is 1. The zero-order valence-electron chi connectivity index (χ0n) is 12.1. The SMILES string of the molecule is COCc1nc(Cl)cc(N2CCN(C)c3ccccc32)n1. The summed E-state index contributed by atoms with van der Waals surface area (Å²) in [6.07, 6.45) is 0. The van der Waals surface area contributed by atoms with Crippen LogP contribution in [0.3, 0.4) is 0 Å². The van der Waals surface area contributed by atoms with Crippen LogP contribution in [0, 0.1) is 0 Å². The number of nitrogens with zero attached hydrogens (tertiary/aromatic N) is 4. The molecule has 1 aromatic heterocycles. The van der Waals surface area contributed by atoms with Crippen molar-refractivity contribution in [3.63, 3.8) is 0 Å². The third-order valence-electron chi connectivity index (χ3n) is 3.52. The van der Waals surface area contributed by atoms with Gasteiger partial charge in [0, 0.05) is 33.3 Å². The summed E-state index contributed by atoms with van der Waals surface area (Å²) in [4.78, 5) is 13.1. The summed E-state index contributed by atoms with van der Waals surface area (Å²) in [5, 5.41) is 0.434. The largest absolute Gasteiger partial charge is 0.377 e. The van der Waals surface area contributed by atoms with Gasteiger partial charge in [-0.3, -0.25) is 0 Å². The number of benzene rings is 1. The molecule has 0 aliphatic carbocycles. The van der Waals surface area contributed by atoms with E-state index in [1.165, 1.54) is 5.69 Å². The average molecular weight is 305 g/mol. The van der Waals surface area contributed by atoms with Crippen LogP contribution in [0.25, 0.3) is 0 Å². The molecule has 1 aromatic carbocycles. The van der Waals surface area contributed by atoms with Gasteiger partial charge in [-0.25, -0.2) is 9.97 Å². The van der Waals surface area contributed by atoms with Crippen LogP contribution >= 0.6 is 11.6 Å². The summed E-state index contributed by atoms with van der Waals surface area (Å²) < 4.78 is 5.10. The monoisotopic (exact) mass is 304 g/mol. The number of ether oxygens (including phenoxy) is 1. The lowest BCUT2D eigenvalue weighted by Gasteiger charge is -2.36. The van der Waals surface area contributed by atoms with E-state index >= 15 is 0 Å². The predicted octanol–water partition coefficient (Wildman–Crippen LogP) is 2.86. The number of hydrogen-bond acceptors (Lipinski definition) is 5. The Balaban J connectivity index is 2.03. The van der Waals surface area contributed by atoms with Gasteiger partial charge in [-0.1, -0.05) is 23.7 Å². The van der Waals surface area contributed by atoms with Gasteiger partial charge in [0.2, 0.25) is 0 Å². The fourth-order valence-electron chi connectivity index (χ4n) is 2.53. The van der Waals surface area contributed by atoms with Gasteiger partial charge in [0.1, 0.15) is 17.6 Å². The predicted molar refractivity (Wildman–Crippen MR) is 84.5 cm³/mol. The van der Waals surface area contributed by atoms with Gasteiger partial charge in [0.05, 0.1) is 11.4 Å². The first-order valence-corrected chi connectivity index (χ1v) is 7.17. The number of hydrogen-bond donors (Lipinski definition) is 0. The van der Waals surface area contributed by atoms with E-state index in [2.05, 4.69) is 38.9 Å². The lowest BCUT2D eigenvalue weighted by atomic mass is 10.2. The van der Waals surface area contributed by atoms with Crippen molar-refractivity contribution in [2.45, 2.75) is 6.61 Å². The van der Waals surface area contributed by atoms with E-state index in [9.17, 15) is 0 Å². The Bertz CT molecular complexity index is 649. The molecule has 2 heterocycles. The molecule has 2 aromatic rings. The van der Waals surface area contributed by atoms with Gasteiger partial charge in [-0.2, -0.15) is 0 Å². The minimum atomic E-state index is 0.350. The number of rotatable bonds is 3. The molecule has 3 rings (SSSR count). The lowest BCUT2D eigenvalue weighted by molar-refractivity contribution is 0.178. The zero-order valence-corrected chi connectivity index (χ0v) is 12.8. The van der Waals surface area contributed by atoms with Gasteiger partial charge in [0.15, 0.2) is 5.82 Å². The van der Waals surface area contributed by atoms with Crippen molar-refractivity contribution in [3.8, 4) is 0 Å². The van der Waals surface area contributed by atoms with E-state index in [0.29, 0.717) is 17.6 Å². The highest BCUT2D eigenvalue weighted by Crippen LogP contribution is 2.36. The Morgan fingerprint density at radius 1 is 1.19 bits per heavy atom. The quantitative estimate of drug-likeness (QED) is 0.816. The van der Waals surface area contributed by atoms with E-state index in [0.717, 1.165) is 24.6 Å². The number of methoxy groups -OCH3 is 1. The highest BCUT2D eigenvalue weighted by Gasteiger charge is 2.22. The van der Waals surface area contributed by atoms with Gasteiger partial charge in [-0.05, 0) is 12.1 Å². The molecular weight excluding hydrogens is 288 g/mol. The molecule has 0 bridgehead atoms. The summed E-state index contributed by atoms with van der Waals surface area (Å²) in [6, 6.07) is 10.1. The smallest absolute Gasteiger partial charge is 0.158 e. The zero-order chi connectivity index (χ0) is 14.8. The first-order valence-electron chi connectivity index (χ1n) is 6.79. The molecule has 6 heteroatoms. The van der Waals surface area contributed by atoms with Crippen LogP contribution in [0.1, 0.15) is 5.82 Å². The maximum atomic E-state index is 6.12. The highest BCUT2D eigenvalue weighted by molar-refractivity contribution is 6.29. The number of halogens is 1. The summed E-state index contributed by atoms with van der Waals surface area (Å²) >= 11 is 6.12. The number of para-hydroxylation sites is 2. The maximum absolute atomic E-state index is 6.12. The van der Waals surface area contributed by atoms with E-state index < -0.39 is 0 Å². The van der Waals surface area contributed by atoms with Gasteiger partial charge in [0.25, 0.3) is 0 Å². The first-order chi connectivity index (χ1) is 10.2. The summed E-state index contributed by atoms with van der Waals surface area (Å²) in [5.41, 5.74) is 2.32. The third-order valence-corrected chi connectivity index (χ3v) is 3.71. The van der Waals surface area contributed by atoms with Crippen molar-refractivity contribution in [2.24, 2.45) is 0 Å². The fraction of sp³-hybridized carbons (Fsp3) is 0.333. The average Bonchev–Trinajstić information content (AvgIpc) is 2.47. The molecule has 0 atom stereocenters. The molecule has 0 saturated heterocycles. The van der Waals surface area contributed by atoms with Crippen molar-refractivity contribution in [2.75, 3.05) is 37.0 Å². The van der Waals surface area contributed by atoms with E-state index in [1.807, 2.05) is 12.1 Å². The normalized spacial score (nSPS) is 14.2. The molecule has 0 saturated carbocycles. The Hall–Kier alpha value is -1.85. The minimum absolute atomic E-state index is 0.350. The molecule has 0 spiro atoms. The van der Waals surface area contributed by atoms with Crippen LogP contribution in [-0.2, 0) is 11.3 Å². The third kappa shape index (κ3) is 2.80. The second-order valence-corrected chi connectivity index (χ2v) is 5.35. The number of anilines is 3. The molecular formula is C15H17ClN4O. The molecule has 21 heavy (non-hydrogen) atoms. The number of aromatic nitrogens is 2. The summed E-state index contributed by atoms with van der Waals surface area (Å²) in [7, 11) is 3.72. The lowest BCUT2D eigenvalue weighted by Crippen LogP contribution is -2.36. The Morgan fingerprint density at radius 2 is 1.95 bits per heavy atom. The molecule has 110 valence electrons. The van der Waals surface area contributed by atoms with Gasteiger partial charge < -0.3 is 14.5 Å². The van der Waals surface area contributed by atoms with Gasteiger partial charge >= 0.3 is 0 Å². The molecule has 0 radical (unpaired) electrons. The van der Waals surface area contributed by atoms with Crippen LogP contribution in [0.2, 0.25) is 5.15 Å². The van der Waals surface area contributed by atoms with Crippen LogP contribution in [0.5, 0.6) is 0 Å². The van der Waals surface area contributed by atoms with E-state index in [4.69, 9.17) is 16.3 Å². The molecule has 1 aliphatic rings. The Morgan fingerprint density at radius 3 is 2.71 bits per heavy atom. The van der Waals surface area contributed by atoms with Crippen LogP contribution in [-0.4, -0.2) is 37.2 Å². The summed E-state index contributed by atoms with van der Waals surface area (Å²) in [6.45, 7) is 2.13. The second-order valence-electron chi connectivity index (χ2n) is 4.96. The molecule has 5 nitrogen and oxygen atoms in total.